The Hall–Kier alpha value is -1.72. The van der Waals surface area contributed by atoms with Crippen LogP contribution in [0.25, 0.3) is 0 Å². The fourth-order valence-corrected chi connectivity index (χ4v) is 1.07. The number of nitrogens with two attached hydrogens (primary N) is 1. The lowest BCUT2D eigenvalue weighted by molar-refractivity contribution is -0.122. The van der Waals surface area contributed by atoms with Crippen molar-refractivity contribution in [3.05, 3.63) is 11.9 Å². The Morgan fingerprint density at radius 3 is 2.53 bits per heavy atom. The van der Waals surface area contributed by atoms with Gasteiger partial charge >= 0.3 is 0 Å². The first kappa shape index (κ1) is 11.4. The highest BCUT2D eigenvalue weighted by molar-refractivity contribution is 5.76. The molecule has 0 aliphatic carbocycles. The van der Waals surface area contributed by atoms with Gasteiger partial charge in [0.1, 0.15) is 0 Å². The summed E-state index contributed by atoms with van der Waals surface area (Å²) >= 11 is 0. The van der Waals surface area contributed by atoms with E-state index < -0.39 is 0 Å². The van der Waals surface area contributed by atoms with Crippen LogP contribution in [-0.4, -0.2) is 27.6 Å². The Balaban J connectivity index is 0.000000151. The van der Waals surface area contributed by atoms with E-state index in [0.717, 1.165) is 31.5 Å². The minimum atomic E-state index is 0.214. The number of amides is 1. The number of hydrogen-bond acceptors (Lipinski definition) is 5. The smallest absolute Gasteiger partial charge is 0.240 e. The predicted molar refractivity (Wildman–Crippen MR) is 55.8 cm³/mol. The van der Waals surface area contributed by atoms with Gasteiger partial charge in [-0.05, 0) is 19.8 Å². The summed E-state index contributed by atoms with van der Waals surface area (Å²) in [5.74, 6) is 0.432. The van der Waals surface area contributed by atoms with Crippen LogP contribution in [0.5, 0.6) is 0 Å². The van der Waals surface area contributed by atoms with E-state index in [4.69, 9.17) is 5.73 Å². The van der Waals surface area contributed by atoms with Crippen LogP contribution in [0.1, 0.15) is 25.0 Å². The van der Waals surface area contributed by atoms with Gasteiger partial charge in [0, 0.05) is 13.0 Å². The number of carbonyl (C=O) groups excluding carboxylic acids is 1. The largest absolute Gasteiger partial charge is 0.366 e. The van der Waals surface area contributed by atoms with Crippen LogP contribution in [0.3, 0.4) is 0 Å². The fourth-order valence-electron chi connectivity index (χ4n) is 1.07. The first-order chi connectivity index (χ1) is 7.18. The molecule has 6 nitrogen and oxygen atoms in total. The van der Waals surface area contributed by atoms with Crippen molar-refractivity contribution in [1.82, 2.24) is 20.5 Å². The lowest BCUT2D eigenvalue weighted by Crippen LogP contribution is -2.28. The molecule has 6 heteroatoms. The highest BCUT2D eigenvalue weighted by atomic mass is 16.1. The van der Waals surface area contributed by atoms with E-state index in [1.807, 2.05) is 0 Å². The van der Waals surface area contributed by atoms with Gasteiger partial charge in [-0.1, -0.05) is 0 Å². The number of carbonyl (C=O) groups is 1. The van der Waals surface area contributed by atoms with E-state index in [1.165, 1.54) is 0 Å². The number of piperidine rings is 1. The molecule has 0 unspecified atom stereocenters. The molecule has 1 aromatic rings. The highest BCUT2D eigenvalue weighted by Gasteiger charge is 2.04. The summed E-state index contributed by atoms with van der Waals surface area (Å²) in [6.45, 7) is 2.69. The van der Waals surface area contributed by atoms with E-state index in [-0.39, 0.29) is 11.9 Å². The summed E-state index contributed by atoms with van der Waals surface area (Å²) in [5, 5.41) is 9.88. The third-order valence-corrected chi connectivity index (χ3v) is 1.85. The highest BCUT2D eigenvalue weighted by Crippen LogP contribution is 1.98. The molecule has 0 aromatic carbocycles. The maximum Gasteiger partial charge on any atom is 0.240 e. The van der Waals surface area contributed by atoms with Crippen LogP contribution in [0.4, 0.5) is 5.95 Å². The van der Waals surface area contributed by atoms with Crippen molar-refractivity contribution in [3.63, 3.8) is 0 Å². The Kier molecular flexibility index (Phi) is 4.46. The summed E-state index contributed by atoms with van der Waals surface area (Å²) in [6, 6.07) is 0. The van der Waals surface area contributed by atoms with Gasteiger partial charge in [-0.2, -0.15) is 5.10 Å². The number of nitrogen functional groups attached to an aromatic ring is 1. The average Bonchev–Trinajstić information content (AvgIpc) is 2.25. The van der Waals surface area contributed by atoms with E-state index in [2.05, 4.69) is 20.5 Å². The monoisotopic (exact) mass is 209 g/mol. The molecule has 1 fully saturated rings. The van der Waals surface area contributed by atoms with Gasteiger partial charge in [0.05, 0.1) is 11.9 Å². The SMILES string of the molecule is Cc1cnc(N)nn1.O=C1CCCCN1. The molecule has 1 saturated heterocycles. The average molecular weight is 209 g/mol. The second-order valence-electron chi connectivity index (χ2n) is 3.26. The van der Waals surface area contributed by atoms with Gasteiger partial charge < -0.3 is 11.1 Å². The Morgan fingerprint density at radius 1 is 1.40 bits per heavy atom. The van der Waals surface area contributed by atoms with Crippen molar-refractivity contribution in [2.24, 2.45) is 0 Å². The summed E-state index contributed by atoms with van der Waals surface area (Å²) in [4.78, 5) is 14.0. The molecule has 0 radical (unpaired) electrons. The van der Waals surface area contributed by atoms with E-state index >= 15 is 0 Å². The molecule has 1 aliphatic heterocycles. The molecule has 0 spiro atoms. The summed E-state index contributed by atoms with van der Waals surface area (Å²) in [5.41, 5.74) is 5.92. The molecule has 1 aliphatic rings. The van der Waals surface area contributed by atoms with E-state index in [0.29, 0.717) is 0 Å². The van der Waals surface area contributed by atoms with Crippen LogP contribution >= 0.6 is 0 Å². The topological polar surface area (TPSA) is 93.8 Å². The molecule has 0 atom stereocenters. The molecule has 1 amide bonds. The number of aromatic nitrogens is 3. The third-order valence-electron chi connectivity index (χ3n) is 1.85. The number of nitrogens with one attached hydrogen (secondary N) is 1. The number of nitrogens with zero attached hydrogens (tertiary/aromatic N) is 3. The second kappa shape index (κ2) is 5.90. The predicted octanol–water partition coefficient (Wildman–Crippen LogP) is 0.0487. The van der Waals surface area contributed by atoms with Gasteiger partial charge in [-0.25, -0.2) is 4.98 Å². The zero-order valence-corrected chi connectivity index (χ0v) is 8.73. The number of hydrogen-bond donors (Lipinski definition) is 2. The minimum Gasteiger partial charge on any atom is -0.366 e. The fraction of sp³-hybridized carbons (Fsp3) is 0.556. The molecular formula is C9H15N5O. The first-order valence-electron chi connectivity index (χ1n) is 4.87. The minimum absolute atomic E-state index is 0.214. The number of anilines is 1. The van der Waals surface area contributed by atoms with Crippen LogP contribution in [0, 0.1) is 6.92 Å². The van der Waals surface area contributed by atoms with Gasteiger partial charge in [-0.15, -0.1) is 5.10 Å². The molecule has 3 N–H and O–H groups in total. The maximum absolute atomic E-state index is 10.4. The number of rotatable bonds is 0. The quantitative estimate of drug-likeness (QED) is 0.629. The Labute approximate surface area is 88.3 Å². The maximum atomic E-state index is 10.4. The van der Waals surface area contributed by atoms with Crippen molar-refractivity contribution in [3.8, 4) is 0 Å². The molecule has 2 rings (SSSR count). The van der Waals surface area contributed by atoms with Crippen LogP contribution in [0.15, 0.2) is 6.20 Å². The van der Waals surface area contributed by atoms with Gasteiger partial charge in [0.15, 0.2) is 0 Å². The number of aryl methyl sites for hydroxylation is 1. The molecule has 1 aromatic heterocycles. The molecular weight excluding hydrogens is 194 g/mol. The van der Waals surface area contributed by atoms with Gasteiger partial charge in [-0.3, -0.25) is 4.79 Å². The van der Waals surface area contributed by atoms with E-state index in [9.17, 15) is 4.79 Å². The van der Waals surface area contributed by atoms with Crippen molar-refractivity contribution < 1.29 is 4.79 Å². The molecule has 15 heavy (non-hydrogen) atoms. The normalized spacial score (nSPS) is 14.9. The van der Waals surface area contributed by atoms with Gasteiger partial charge in [0.2, 0.25) is 11.9 Å². The van der Waals surface area contributed by atoms with Crippen LogP contribution in [-0.2, 0) is 4.79 Å². The molecule has 82 valence electrons. The summed E-state index contributed by atoms with van der Waals surface area (Å²) < 4.78 is 0. The first-order valence-corrected chi connectivity index (χ1v) is 4.87. The summed E-state index contributed by atoms with van der Waals surface area (Å²) in [6.07, 6.45) is 4.54. The lowest BCUT2D eigenvalue weighted by atomic mass is 10.2. The molecule has 0 bridgehead atoms. The van der Waals surface area contributed by atoms with Crippen molar-refractivity contribution in [2.45, 2.75) is 26.2 Å². The van der Waals surface area contributed by atoms with Crippen LogP contribution < -0.4 is 11.1 Å². The zero-order chi connectivity index (χ0) is 11.1. The van der Waals surface area contributed by atoms with Crippen molar-refractivity contribution >= 4 is 11.9 Å². The third kappa shape index (κ3) is 4.90. The second-order valence-corrected chi connectivity index (χ2v) is 3.26. The molecule has 2 heterocycles. The van der Waals surface area contributed by atoms with Crippen molar-refractivity contribution in [1.29, 1.82) is 0 Å². The summed E-state index contributed by atoms with van der Waals surface area (Å²) in [7, 11) is 0. The Morgan fingerprint density at radius 2 is 2.20 bits per heavy atom. The van der Waals surface area contributed by atoms with Crippen LogP contribution in [0.2, 0.25) is 0 Å². The van der Waals surface area contributed by atoms with E-state index in [1.54, 1.807) is 13.1 Å². The van der Waals surface area contributed by atoms with Crippen molar-refractivity contribution in [2.75, 3.05) is 12.3 Å². The van der Waals surface area contributed by atoms with Gasteiger partial charge in [0.25, 0.3) is 0 Å². The lowest BCUT2D eigenvalue weighted by Gasteiger charge is -2.08. The standard InChI is InChI=1S/C5H9NO.C4H6N4/c7-5-3-1-2-4-6-5;1-3-2-6-4(5)8-7-3/h1-4H2,(H,6,7);2H,1H3,(H2,5,6,8). The Bertz CT molecular complexity index is 282. The molecule has 0 saturated carbocycles. The zero-order valence-electron chi connectivity index (χ0n) is 8.73.